The van der Waals surface area contributed by atoms with Gasteiger partial charge in [-0.2, -0.15) is 0 Å². The highest BCUT2D eigenvalue weighted by atomic mass is 16.3. The summed E-state index contributed by atoms with van der Waals surface area (Å²) in [5.74, 6) is 2.13. The number of nitrogens with zero attached hydrogens (tertiary/aromatic N) is 1. The number of rotatable bonds is 4. The molecule has 2 aromatic heterocycles. The van der Waals surface area contributed by atoms with Crippen LogP contribution in [0.2, 0.25) is 0 Å². The molecular weight excluding hydrogens is 230 g/mol. The predicted octanol–water partition coefficient (Wildman–Crippen LogP) is 1.95. The first-order chi connectivity index (χ1) is 8.69. The average Bonchev–Trinajstić information content (AvgIpc) is 2.82. The number of furan rings is 1. The van der Waals surface area contributed by atoms with Crippen LogP contribution in [0.4, 0.5) is 5.82 Å². The Hall–Kier alpha value is -2.30. The van der Waals surface area contributed by atoms with Crippen molar-refractivity contribution >= 4 is 11.7 Å². The fourth-order valence-electron chi connectivity index (χ4n) is 1.53. The lowest BCUT2D eigenvalue weighted by atomic mass is 10.2. The number of anilines is 1. The Kier molecular flexibility index (Phi) is 3.62. The zero-order valence-corrected chi connectivity index (χ0v) is 10.4. The number of aryl methyl sites for hydroxylation is 1. The van der Waals surface area contributed by atoms with Crippen LogP contribution in [0, 0.1) is 6.92 Å². The van der Waals surface area contributed by atoms with Gasteiger partial charge in [0, 0.05) is 13.2 Å². The minimum Gasteiger partial charge on any atom is -0.465 e. The van der Waals surface area contributed by atoms with E-state index in [2.05, 4.69) is 15.6 Å². The van der Waals surface area contributed by atoms with Gasteiger partial charge in [-0.05, 0) is 31.2 Å². The molecule has 5 nitrogen and oxygen atoms in total. The summed E-state index contributed by atoms with van der Waals surface area (Å²) in [7, 11) is 1.78. The van der Waals surface area contributed by atoms with Crippen molar-refractivity contribution in [1.82, 2.24) is 10.3 Å². The topological polar surface area (TPSA) is 67.2 Å². The third-order valence-electron chi connectivity index (χ3n) is 2.50. The summed E-state index contributed by atoms with van der Waals surface area (Å²) in [5.41, 5.74) is 0.525. The number of pyridine rings is 1. The first kappa shape index (κ1) is 12.2. The molecule has 2 N–H and O–H groups in total. The molecule has 18 heavy (non-hydrogen) atoms. The van der Waals surface area contributed by atoms with Gasteiger partial charge >= 0.3 is 0 Å². The molecular formula is C13H15N3O2. The molecule has 0 fully saturated rings. The molecule has 0 aliphatic rings. The summed E-state index contributed by atoms with van der Waals surface area (Å²) in [6, 6.07) is 7.19. The molecule has 0 atom stereocenters. The molecule has 0 saturated heterocycles. The number of amides is 1. The van der Waals surface area contributed by atoms with Crippen molar-refractivity contribution in [3.63, 3.8) is 0 Å². The van der Waals surface area contributed by atoms with E-state index in [1.54, 1.807) is 19.2 Å². The number of carbonyl (C=O) groups is 1. The second-order valence-electron chi connectivity index (χ2n) is 3.88. The third-order valence-corrected chi connectivity index (χ3v) is 2.50. The molecule has 1 amide bonds. The lowest BCUT2D eigenvalue weighted by molar-refractivity contribution is 0.0947. The molecule has 0 aliphatic heterocycles. The van der Waals surface area contributed by atoms with Crippen LogP contribution in [0.25, 0.3) is 0 Å². The Morgan fingerprint density at radius 1 is 1.33 bits per heavy atom. The molecule has 0 aromatic carbocycles. The Morgan fingerprint density at radius 3 is 2.72 bits per heavy atom. The van der Waals surface area contributed by atoms with E-state index in [0.29, 0.717) is 12.1 Å². The molecule has 0 spiro atoms. The summed E-state index contributed by atoms with van der Waals surface area (Å²) in [5, 5.41) is 5.67. The van der Waals surface area contributed by atoms with Crippen LogP contribution >= 0.6 is 0 Å². The number of carbonyl (C=O) groups excluding carboxylic acids is 1. The Balaban J connectivity index is 1.94. The quantitative estimate of drug-likeness (QED) is 0.864. The highest BCUT2D eigenvalue weighted by Gasteiger charge is 2.06. The first-order valence-corrected chi connectivity index (χ1v) is 5.66. The van der Waals surface area contributed by atoms with E-state index >= 15 is 0 Å². The van der Waals surface area contributed by atoms with Crippen LogP contribution in [-0.4, -0.2) is 17.9 Å². The summed E-state index contributed by atoms with van der Waals surface area (Å²) in [6.07, 6.45) is 1.54. The van der Waals surface area contributed by atoms with Crippen molar-refractivity contribution in [2.75, 3.05) is 12.4 Å². The van der Waals surface area contributed by atoms with Crippen LogP contribution in [0.5, 0.6) is 0 Å². The van der Waals surface area contributed by atoms with Crippen LogP contribution in [0.3, 0.4) is 0 Å². The second kappa shape index (κ2) is 5.35. The van der Waals surface area contributed by atoms with E-state index in [1.165, 1.54) is 6.20 Å². The molecule has 0 radical (unpaired) electrons. The van der Waals surface area contributed by atoms with Gasteiger partial charge in [-0.15, -0.1) is 0 Å². The number of hydrogen-bond donors (Lipinski definition) is 2. The number of nitrogens with one attached hydrogen (secondary N) is 2. The Morgan fingerprint density at radius 2 is 2.17 bits per heavy atom. The zero-order valence-electron chi connectivity index (χ0n) is 10.4. The predicted molar refractivity (Wildman–Crippen MR) is 68.4 cm³/mol. The number of hydrogen-bond acceptors (Lipinski definition) is 4. The second-order valence-corrected chi connectivity index (χ2v) is 3.88. The van der Waals surface area contributed by atoms with Crippen LogP contribution in [-0.2, 0) is 6.54 Å². The molecule has 0 saturated carbocycles. The van der Waals surface area contributed by atoms with Gasteiger partial charge in [0.25, 0.3) is 5.91 Å². The molecule has 2 heterocycles. The maximum atomic E-state index is 11.8. The highest BCUT2D eigenvalue weighted by Crippen LogP contribution is 2.07. The lowest BCUT2D eigenvalue weighted by Crippen LogP contribution is -2.22. The van der Waals surface area contributed by atoms with Gasteiger partial charge in [0.1, 0.15) is 17.3 Å². The minimum absolute atomic E-state index is 0.167. The monoisotopic (exact) mass is 245 g/mol. The molecule has 2 aromatic rings. The van der Waals surface area contributed by atoms with Crippen molar-refractivity contribution in [3.8, 4) is 0 Å². The lowest BCUT2D eigenvalue weighted by Gasteiger charge is -2.04. The van der Waals surface area contributed by atoms with Crippen molar-refractivity contribution in [2.24, 2.45) is 0 Å². The highest BCUT2D eigenvalue weighted by molar-refractivity contribution is 5.93. The largest absolute Gasteiger partial charge is 0.465 e. The van der Waals surface area contributed by atoms with Gasteiger partial charge in [-0.1, -0.05) is 0 Å². The summed E-state index contributed by atoms with van der Waals surface area (Å²) >= 11 is 0. The fourth-order valence-corrected chi connectivity index (χ4v) is 1.53. The summed E-state index contributed by atoms with van der Waals surface area (Å²) in [6.45, 7) is 2.24. The van der Waals surface area contributed by atoms with Crippen molar-refractivity contribution in [1.29, 1.82) is 0 Å². The van der Waals surface area contributed by atoms with Gasteiger partial charge in [-0.25, -0.2) is 4.98 Å². The maximum absolute atomic E-state index is 11.8. The summed E-state index contributed by atoms with van der Waals surface area (Å²) < 4.78 is 5.37. The minimum atomic E-state index is -0.167. The Bertz CT molecular complexity index is 531. The normalized spacial score (nSPS) is 10.1. The van der Waals surface area contributed by atoms with E-state index < -0.39 is 0 Å². The van der Waals surface area contributed by atoms with Gasteiger partial charge in [0.05, 0.1) is 12.1 Å². The summed E-state index contributed by atoms with van der Waals surface area (Å²) in [4.78, 5) is 15.9. The van der Waals surface area contributed by atoms with Gasteiger partial charge in [0.2, 0.25) is 0 Å². The number of aromatic nitrogens is 1. The van der Waals surface area contributed by atoms with E-state index in [4.69, 9.17) is 4.42 Å². The molecule has 94 valence electrons. The molecule has 0 bridgehead atoms. The van der Waals surface area contributed by atoms with Gasteiger partial charge in [-0.3, -0.25) is 4.79 Å². The molecule has 0 aliphatic carbocycles. The maximum Gasteiger partial charge on any atom is 0.253 e. The molecule has 2 rings (SSSR count). The van der Waals surface area contributed by atoms with E-state index in [0.717, 1.165) is 17.3 Å². The van der Waals surface area contributed by atoms with Crippen molar-refractivity contribution in [3.05, 3.63) is 47.5 Å². The van der Waals surface area contributed by atoms with Crippen LogP contribution in [0.15, 0.2) is 34.9 Å². The van der Waals surface area contributed by atoms with Crippen molar-refractivity contribution in [2.45, 2.75) is 13.5 Å². The standard InChI is InChI=1S/C13H15N3O2/c1-9-3-5-11(18-9)8-16-13(17)10-4-6-12(14-2)15-7-10/h3-7H,8H2,1-2H3,(H,14,15)(H,16,17). The smallest absolute Gasteiger partial charge is 0.253 e. The van der Waals surface area contributed by atoms with Gasteiger partial charge < -0.3 is 15.1 Å². The van der Waals surface area contributed by atoms with Crippen LogP contribution in [0.1, 0.15) is 21.9 Å². The molecule has 5 heteroatoms. The zero-order chi connectivity index (χ0) is 13.0. The van der Waals surface area contributed by atoms with Crippen molar-refractivity contribution < 1.29 is 9.21 Å². The van der Waals surface area contributed by atoms with E-state index in [-0.39, 0.29) is 5.91 Å². The molecule has 0 unspecified atom stereocenters. The van der Waals surface area contributed by atoms with Crippen LogP contribution < -0.4 is 10.6 Å². The fraction of sp³-hybridized carbons (Fsp3) is 0.231. The first-order valence-electron chi connectivity index (χ1n) is 5.66. The van der Waals surface area contributed by atoms with E-state index in [9.17, 15) is 4.79 Å². The Labute approximate surface area is 105 Å². The van der Waals surface area contributed by atoms with Gasteiger partial charge in [0.15, 0.2) is 0 Å². The third kappa shape index (κ3) is 2.88. The van der Waals surface area contributed by atoms with E-state index in [1.807, 2.05) is 19.1 Å². The average molecular weight is 245 g/mol. The SMILES string of the molecule is CNc1ccc(C(=O)NCc2ccc(C)o2)cn1.